The Balaban J connectivity index is 3.22. The van der Waals surface area contributed by atoms with Crippen LogP contribution in [-0.2, 0) is 0 Å². The van der Waals surface area contributed by atoms with Crippen LogP contribution in [-0.4, -0.2) is 11.0 Å². The molecule has 0 spiro atoms. The number of aliphatic hydroxyl groups excluding tert-OH is 1. The van der Waals surface area contributed by atoms with Gasteiger partial charge in [0.05, 0.1) is 6.10 Å². The summed E-state index contributed by atoms with van der Waals surface area (Å²) in [6, 6.07) is 3.56. The zero-order valence-electron chi connectivity index (χ0n) is 7.83. The molecular formula is C10H12FNO2. The summed E-state index contributed by atoms with van der Waals surface area (Å²) >= 11 is 0. The van der Waals surface area contributed by atoms with E-state index in [0.717, 1.165) is 12.1 Å². The molecule has 4 heteroatoms. The van der Waals surface area contributed by atoms with E-state index in [4.69, 9.17) is 5.73 Å². The Hall–Kier alpha value is -1.42. The molecule has 1 rings (SSSR count). The molecule has 0 fully saturated rings. The first-order valence-electron chi connectivity index (χ1n) is 4.33. The highest BCUT2D eigenvalue weighted by molar-refractivity contribution is 5.94. The van der Waals surface area contributed by atoms with Gasteiger partial charge in [0.25, 0.3) is 0 Å². The molecule has 0 aliphatic carbocycles. The van der Waals surface area contributed by atoms with Crippen molar-refractivity contribution < 1.29 is 14.3 Å². The van der Waals surface area contributed by atoms with Gasteiger partial charge < -0.3 is 10.8 Å². The summed E-state index contributed by atoms with van der Waals surface area (Å²) < 4.78 is 12.8. The van der Waals surface area contributed by atoms with Gasteiger partial charge in [-0.1, -0.05) is 6.92 Å². The molecule has 3 N–H and O–H groups in total. The molecule has 1 aromatic carbocycles. The maximum Gasteiger partial charge on any atom is 0.249 e. The summed E-state index contributed by atoms with van der Waals surface area (Å²) in [6.45, 7) is 1.74. The van der Waals surface area contributed by atoms with E-state index in [1.54, 1.807) is 6.92 Å². The molecule has 14 heavy (non-hydrogen) atoms. The predicted octanol–water partition coefficient (Wildman–Crippen LogP) is 1.37. The van der Waals surface area contributed by atoms with Crippen molar-refractivity contribution in [1.82, 2.24) is 0 Å². The van der Waals surface area contributed by atoms with Crippen LogP contribution in [0.5, 0.6) is 0 Å². The van der Waals surface area contributed by atoms with Crippen LogP contribution in [0.2, 0.25) is 0 Å². The number of hydrogen-bond donors (Lipinski definition) is 2. The highest BCUT2D eigenvalue weighted by Crippen LogP contribution is 2.21. The monoisotopic (exact) mass is 197 g/mol. The third-order valence-electron chi connectivity index (χ3n) is 2.02. The van der Waals surface area contributed by atoms with Gasteiger partial charge in [-0.15, -0.1) is 0 Å². The zero-order chi connectivity index (χ0) is 10.7. The summed E-state index contributed by atoms with van der Waals surface area (Å²) in [7, 11) is 0. The average Bonchev–Trinajstić information content (AvgIpc) is 2.16. The second-order valence-electron chi connectivity index (χ2n) is 3.02. The third kappa shape index (κ3) is 2.09. The van der Waals surface area contributed by atoms with Gasteiger partial charge in [-0.25, -0.2) is 4.39 Å². The van der Waals surface area contributed by atoms with Crippen molar-refractivity contribution in [2.45, 2.75) is 19.4 Å². The Labute approximate surface area is 81.4 Å². The van der Waals surface area contributed by atoms with Crippen LogP contribution in [0.4, 0.5) is 4.39 Å². The smallest absolute Gasteiger partial charge is 0.249 e. The van der Waals surface area contributed by atoms with Crippen LogP contribution >= 0.6 is 0 Å². The third-order valence-corrected chi connectivity index (χ3v) is 2.02. The SMILES string of the molecule is CCC(O)c1cc(F)ccc1C(N)=O. The number of nitrogens with two attached hydrogens (primary N) is 1. The standard InChI is InChI=1S/C10H12FNO2/c1-2-9(13)8-5-6(11)3-4-7(8)10(12)14/h3-5,9,13H,2H2,1H3,(H2,12,14). The van der Waals surface area contributed by atoms with Gasteiger partial charge >= 0.3 is 0 Å². The van der Waals surface area contributed by atoms with Crippen LogP contribution in [0.25, 0.3) is 0 Å². The summed E-state index contributed by atoms with van der Waals surface area (Å²) in [4.78, 5) is 10.9. The molecule has 0 aliphatic rings. The summed E-state index contributed by atoms with van der Waals surface area (Å²) in [5.41, 5.74) is 5.50. The first-order valence-corrected chi connectivity index (χ1v) is 4.33. The van der Waals surface area contributed by atoms with E-state index in [9.17, 15) is 14.3 Å². The molecular weight excluding hydrogens is 185 g/mol. The van der Waals surface area contributed by atoms with Crippen molar-refractivity contribution in [2.75, 3.05) is 0 Å². The van der Waals surface area contributed by atoms with Crippen molar-refractivity contribution in [3.05, 3.63) is 35.1 Å². The lowest BCUT2D eigenvalue weighted by Crippen LogP contribution is -2.15. The van der Waals surface area contributed by atoms with Gasteiger partial charge in [0.2, 0.25) is 5.91 Å². The Kier molecular flexibility index (Phi) is 3.19. The molecule has 76 valence electrons. The maximum atomic E-state index is 12.8. The number of carbonyl (C=O) groups excluding carboxylic acids is 1. The minimum absolute atomic E-state index is 0.167. The number of hydrogen-bond acceptors (Lipinski definition) is 2. The van der Waals surface area contributed by atoms with E-state index in [0.29, 0.717) is 6.42 Å². The molecule has 0 aliphatic heterocycles. The maximum absolute atomic E-state index is 12.8. The van der Waals surface area contributed by atoms with Gasteiger partial charge in [0, 0.05) is 5.56 Å². The highest BCUT2D eigenvalue weighted by Gasteiger charge is 2.14. The number of amides is 1. The Morgan fingerprint density at radius 1 is 1.64 bits per heavy atom. The summed E-state index contributed by atoms with van der Waals surface area (Å²) in [5.74, 6) is -1.15. The topological polar surface area (TPSA) is 63.3 Å². The van der Waals surface area contributed by atoms with E-state index in [2.05, 4.69) is 0 Å². The molecule has 1 unspecified atom stereocenters. The first-order chi connectivity index (χ1) is 6.56. The number of halogens is 1. The second kappa shape index (κ2) is 4.19. The lowest BCUT2D eigenvalue weighted by Gasteiger charge is -2.11. The largest absolute Gasteiger partial charge is 0.388 e. The molecule has 1 amide bonds. The Bertz CT molecular complexity index is 352. The van der Waals surface area contributed by atoms with Crippen LogP contribution in [0.1, 0.15) is 35.4 Å². The van der Waals surface area contributed by atoms with E-state index in [-0.39, 0.29) is 11.1 Å². The van der Waals surface area contributed by atoms with Crippen molar-refractivity contribution in [3.8, 4) is 0 Å². The predicted molar refractivity (Wildman–Crippen MR) is 50.2 cm³/mol. The molecule has 0 saturated heterocycles. The Morgan fingerprint density at radius 3 is 2.79 bits per heavy atom. The van der Waals surface area contributed by atoms with Crippen LogP contribution in [0, 0.1) is 5.82 Å². The van der Waals surface area contributed by atoms with E-state index in [1.165, 1.54) is 6.07 Å². The molecule has 1 atom stereocenters. The van der Waals surface area contributed by atoms with Crippen LogP contribution < -0.4 is 5.73 Å². The van der Waals surface area contributed by atoms with Gasteiger partial charge in [-0.2, -0.15) is 0 Å². The lowest BCUT2D eigenvalue weighted by atomic mass is 10.00. The van der Waals surface area contributed by atoms with Crippen molar-refractivity contribution >= 4 is 5.91 Å². The number of rotatable bonds is 3. The quantitative estimate of drug-likeness (QED) is 0.768. The molecule has 0 radical (unpaired) electrons. The minimum Gasteiger partial charge on any atom is -0.388 e. The van der Waals surface area contributed by atoms with Gasteiger partial charge in [-0.3, -0.25) is 4.79 Å². The van der Waals surface area contributed by atoms with Crippen molar-refractivity contribution in [3.63, 3.8) is 0 Å². The molecule has 3 nitrogen and oxygen atoms in total. The lowest BCUT2D eigenvalue weighted by molar-refractivity contribution is 0.0991. The Morgan fingerprint density at radius 2 is 2.29 bits per heavy atom. The first kappa shape index (κ1) is 10.7. The second-order valence-corrected chi connectivity index (χ2v) is 3.02. The van der Waals surface area contributed by atoms with E-state index in [1.807, 2.05) is 0 Å². The van der Waals surface area contributed by atoms with Crippen LogP contribution in [0.3, 0.4) is 0 Å². The number of primary amides is 1. The summed E-state index contributed by atoms with van der Waals surface area (Å²) in [6.07, 6.45) is -0.447. The summed E-state index contributed by atoms with van der Waals surface area (Å²) in [5, 5.41) is 9.51. The molecule has 0 saturated carbocycles. The molecule has 0 aromatic heterocycles. The average molecular weight is 197 g/mol. The van der Waals surface area contributed by atoms with Crippen molar-refractivity contribution in [2.24, 2.45) is 5.73 Å². The van der Waals surface area contributed by atoms with E-state index >= 15 is 0 Å². The van der Waals surface area contributed by atoms with Crippen LogP contribution in [0.15, 0.2) is 18.2 Å². The highest BCUT2D eigenvalue weighted by atomic mass is 19.1. The molecule has 0 heterocycles. The normalized spacial score (nSPS) is 12.5. The molecule has 0 bridgehead atoms. The van der Waals surface area contributed by atoms with E-state index < -0.39 is 17.8 Å². The van der Waals surface area contributed by atoms with Gasteiger partial charge in [0.15, 0.2) is 0 Å². The fraction of sp³-hybridized carbons (Fsp3) is 0.300. The number of benzene rings is 1. The number of carbonyl (C=O) groups is 1. The van der Waals surface area contributed by atoms with Gasteiger partial charge in [-0.05, 0) is 30.2 Å². The van der Waals surface area contributed by atoms with Crippen molar-refractivity contribution in [1.29, 1.82) is 0 Å². The van der Waals surface area contributed by atoms with Gasteiger partial charge in [0.1, 0.15) is 5.82 Å². The molecule has 1 aromatic rings. The number of aliphatic hydroxyl groups is 1. The fourth-order valence-electron chi connectivity index (χ4n) is 1.25. The minimum atomic E-state index is -0.854. The fourth-order valence-corrected chi connectivity index (χ4v) is 1.25. The zero-order valence-corrected chi connectivity index (χ0v) is 7.83.